The van der Waals surface area contributed by atoms with E-state index in [2.05, 4.69) is 334 Å². The zero-order valence-corrected chi connectivity index (χ0v) is 78.5. The van der Waals surface area contributed by atoms with Gasteiger partial charge in [-0.15, -0.1) is 0 Å². The van der Waals surface area contributed by atoms with E-state index in [0.29, 0.717) is 11.1 Å². The Morgan fingerprint density at radius 3 is 0.978 bits per heavy atom. The van der Waals surface area contributed by atoms with Crippen molar-refractivity contribution in [3.8, 4) is 100 Å². The van der Waals surface area contributed by atoms with Gasteiger partial charge in [-0.3, -0.25) is 0 Å². The summed E-state index contributed by atoms with van der Waals surface area (Å²) in [5, 5.41) is 5.27. The second-order valence-corrected chi connectivity index (χ2v) is 35.1. The number of benzene rings is 18. The summed E-state index contributed by atoms with van der Waals surface area (Å²) >= 11 is 0. The molecular weight excluding hydrogens is 1650 g/mol. The molecule has 0 aliphatic carbocycles. The van der Waals surface area contributed by atoms with Crippen LogP contribution < -0.4 is 0 Å². The van der Waals surface area contributed by atoms with Crippen LogP contribution in [0.3, 0.4) is 0 Å². The van der Waals surface area contributed by atoms with E-state index >= 15 is 0 Å². The Hall–Kier alpha value is -13.9. The van der Waals surface area contributed by atoms with Crippen molar-refractivity contribution in [1.29, 1.82) is 0 Å². The van der Waals surface area contributed by atoms with Crippen molar-refractivity contribution < 1.29 is 26.3 Å². The smallest absolute Gasteiger partial charge is 0.207 e. The van der Waals surface area contributed by atoms with E-state index in [-0.39, 0.29) is 11.2 Å². The molecule has 0 unspecified atom stereocenters. The first-order chi connectivity index (χ1) is 65.3. The lowest BCUT2D eigenvalue weighted by Gasteiger charge is -2.19. The minimum Gasteiger partial charge on any atom is -0.207 e. The predicted molar refractivity (Wildman–Crippen MR) is 561 cm³/mol. The van der Waals surface area contributed by atoms with Crippen molar-refractivity contribution in [2.24, 2.45) is 0 Å². The van der Waals surface area contributed by atoms with Crippen molar-refractivity contribution in [3.63, 3.8) is 0 Å². The summed E-state index contributed by atoms with van der Waals surface area (Å²) in [6.07, 6.45) is 15.2. The monoisotopic (exact) mass is 1770 g/mol. The molecule has 678 valence electrons. The molecular formula is C128H124F6. The molecule has 0 atom stereocenters. The van der Waals surface area contributed by atoms with Gasteiger partial charge in [-0.05, 0) is 238 Å². The van der Waals surface area contributed by atoms with Crippen molar-refractivity contribution in [2.45, 2.75) is 156 Å². The first-order valence-corrected chi connectivity index (χ1v) is 47.5. The van der Waals surface area contributed by atoms with Crippen LogP contribution in [0.4, 0.5) is 26.3 Å². The molecule has 18 aromatic rings. The van der Waals surface area contributed by atoms with E-state index in [1.165, 1.54) is 243 Å². The van der Waals surface area contributed by atoms with Crippen LogP contribution >= 0.6 is 0 Å². The van der Waals surface area contributed by atoms with Crippen molar-refractivity contribution in [2.75, 3.05) is 0 Å². The number of rotatable bonds is 24. The van der Waals surface area contributed by atoms with Gasteiger partial charge in [0.1, 0.15) is 17.5 Å². The SMILES string of the molecule is CC(C)(C)c1ccc(-c2cccc(-c3ccccc3)c2)cc1.CCCCCCc1cc(CCCCCC)cc(-c2cccc(-c3ccccc3)c2)c1.CCCCCCc1cccc(-c2cccc3ccccc23)c1.Cc1ccc(-c2cccc3ccccc23)cc1.FC(F)(F)c1cccc(-c2ccccc2)c1.Fc1ccc(-c2ccccc2)c(F)c1.Fc1ccc(-c2ccccc2)cc1. The molecule has 0 aliphatic heterocycles. The van der Waals surface area contributed by atoms with Crippen LogP contribution in [0.5, 0.6) is 0 Å². The van der Waals surface area contributed by atoms with Crippen LogP contribution in [0.1, 0.15) is 152 Å². The number of hydrogen-bond donors (Lipinski definition) is 0. The van der Waals surface area contributed by atoms with Gasteiger partial charge in [0.15, 0.2) is 0 Å². The molecule has 0 saturated carbocycles. The normalized spacial score (nSPS) is 10.9. The lowest BCUT2D eigenvalue weighted by atomic mass is 9.86. The van der Waals surface area contributed by atoms with E-state index in [1.54, 1.807) is 54.6 Å². The standard InChI is InChI=1S/C30H38.C22H22.C22H24.C17H14.C13H9F3.C12H8F2.C12H9F/c1-3-5-7-10-15-25-21-26(16-11-8-6-4-2)23-30(22-25)29-20-14-19-28(24-29)27-17-12-9-13-18-27;1-22(2,3)21-14-12-18(13-15-21)20-11-7-10-19(16-20)17-8-5-4-6-9-17;1-2-3-4-5-10-18-11-8-14-20(17-18)22-16-9-13-19-12-6-7-15-21(19)22;1-13-9-11-15(12-10-13)17-8-4-6-14-5-2-3-7-16(14)17;14-13(15,16)12-8-4-7-11(9-12)10-5-2-1-3-6-10;13-10-6-7-11(12(14)8-10)9-4-2-1-3-5-9;13-12-8-6-11(7-9-12)10-4-2-1-3-5-10/h9,12-14,17-24H,3-8,10-11,15-16H2,1-2H3;4-16H,1-3H3;6-9,11-17H,2-5,10H2,1H3;2-12H,1H3;1-9H;1-8H;1-9H. The van der Waals surface area contributed by atoms with Crippen LogP contribution in [0.2, 0.25) is 0 Å². The van der Waals surface area contributed by atoms with E-state index in [9.17, 15) is 26.3 Å². The fraction of sp³-hybridized carbons (Fsp3) is 0.188. The summed E-state index contributed by atoms with van der Waals surface area (Å²) in [5.74, 6) is -1.28. The summed E-state index contributed by atoms with van der Waals surface area (Å²) < 4.78 is 76.0. The molecule has 0 radical (unpaired) electrons. The van der Waals surface area contributed by atoms with Gasteiger partial charge >= 0.3 is 6.18 Å². The highest BCUT2D eigenvalue weighted by Crippen LogP contribution is 2.37. The first-order valence-electron chi connectivity index (χ1n) is 47.5. The maximum Gasteiger partial charge on any atom is 0.416 e. The molecule has 18 aromatic carbocycles. The minimum atomic E-state index is -4.29. The summed E-state index contributed by atoms with van der Waals surface area (Å²) in [6.45, 7) is 15.7. The highest BCUT2D eigenvalue weighted by atomic mass is 19.4. The Labute approximate surface area is 792 Å². The quantitative estimate of drug-likeness (QED) is 0.0418. The van der Waals surface area contributed by atoms with Gasteiger partial charge in [0.25, 0.3) is 0 Å². The van der Waals surface area contributed by atoms with Gasteiger partial charge in [0.05, 0.1) is 5.56 Å². The number of unbranched alkanes of at least 4 members (excludes halogenated alkanes) is 9. The Kier molecular flexibility index (Phi) is 38.3. The molecule has 0 aromatic heterocycles. The lowest BCUT2D eigenvalue weighted by molar-refractivity contribution is -0.137. The Morgan fingerprint density at radius 1 is 0.209 bits per heavy atom. The zero-order valence-electron chi connectivity index (χ0n) is 78.5. The second-order valence-electron chi connectivity index (χ2n) is 35.1. The zero-order chi connectivity index (χ0) is 94.1. The fourth-order valence-electron chi connectivity index (χ4n) is 16.4. The summed E-state index contributed by atoms with van der Waals surface area (Å²) in [4.78, 5) is 0. The van der Waals surface area contributed by atoms with Crippen LogP contribution in [-0.4, -0.2) is 0 Å². The summed E-state index contributed by atoms with van der Waals surface area (Å²) in [6, 6.07) is 147. The minimum absolute atomic E-state index is 0.195. The molecule has 18 rings (SSSR count). The molecule has 0 saturated heterocycles. The van der Waals surface area contributed by atoms with Gasteiger partial charge in [-0.1, -0.05) is 493 Å². The van der Waals surface area contributed by atoms with Crippen LogP contribution in [0.25, 0.3) is 122 Å². The third kappa shape index (κ3) is 30.8. The average molecular weight is 1780 g/mol. The van der Waals surface area contributed by atoms with Gasteiger partial charge in [0, 0.05) is 11.6 Å². The van der Waals surface area contributed by atoms with E-state index in [0.717, 1.165) is 40.5 Å². The molecule has 0 bridgehead atoms. The molecule has 0 spiro atoms. The Morgan fingerprint density at radius 2 is 0.530 bits per heavy atom. The first kappa shape index (κ1) is 99.1. The number of fused-ring (bicyclic) bond motifs is 2. The van der Waals surface area contributed by atoms with Gasteiger partial charge in [-0.25, -0.2) is 13.2 Å². The van der Waals surface area contributed by atoms with Crippen molar-refractivity contribution in [3.05, 3.63) is 494 Å². The summed E-state index contributed by atoms with van der Waals surface area (Å²) in [5.41, 5.74) is 27.1. The maximum atomic E-state index is 13.3. The predicted octanol–water partition coefficient (Wildman–Crippen LogP) is 38.5. The van der Waals surface area contributed by atoms with Crippen LogP contribution in [0.15, 0.2) is 443 Å². The molecule has 0 nitrogen and oxygen atoms in total. The van der Waals surface area contributed by atoms with E-state index in [4.69, 9.17) is 0 Å². The Bertz CT molecular complexity index is 6480. The number of halogens is 6. The molecule has 0 fully saturated rings. The molecule has 0 amide bonds. The van der Waals surface area contributed by atoms with Crippen LogP contribution in [-0.2, 0) is 30.9 Å². The third-order valence-electron chi connectivity index (χ3n) is 23.8. The largest absolute Gasteiger partial charge is 0.416 e. The van der Waals surface area contributed by atoms with Crippen molar-refractivity contribution >= 4 is 21.5 Å². The maximum absolute atomic E-state index is 13.3. The summed E-state index contributed by atoms with van der Waals surface area (Å²) in [7, 11) is 0. The highest BCUT2D eigenvalue weighted by molar-refractivity contribution is 5.98. The van der Waals surface area contributed by atoms with E-state index < -0.39 is 23.4 Å². The molecule has 0 aliphatic rings. The molecule has 0 heterocycles. The molecule has 134 heavy (non-hydrogen) atoms. The number of aryl methyl sites for hydroxylation is 4. The van der Waals surface area contributed by atoms with Gasteiger partial charge < -0.3 is 0 Å². The Balaban J connectivity index is 0.000000143. The lowest BCUT2D eigenvalue weighted by Crippen LogP contribution is -2.10. The van der Waals surface area contributed by atoms with E-state index in [1.807, 2.05) is 54.6 Å². The average Bonchev–Trinajstić information content (AvgIpc) is 0.789. The number of hydrogen-bond acceptors (Lipinski definition) is 0. The van der Waals surface area contributed by atoms with Crippen LogP contribution in [0, 0.1) is 24.4 Å². The van der Waals surface area contributed by atoms with Gasteiger partial charge in [0.2, 0.25) is 0 Å². The van der Waals surface area contributed by atoms with Gasteiger partial charge in [-0.2, -0.15) is 13.2 Å². The molecule has 6 heteroatoms. The fourth-order valence-corrected chi connectivity index (χ4v) is 16.4. The number of alkyl halides is 3. The third-order valence-corrected chi connectivity index (χ3v) is 23.8. The van der Waals surface area contributed by atoms with Crippen molar-refractivity contribution in [1.82, 2.24) is 0 Å². The highest BCUT2D eigenvalue weighted by Gasteiger charge is 2.30. The second kappa shape index (κ2) is 51.8. The topological polar surface area (TPSA) is 0 Å². The molecule has 0 N–H and O–H groups in total.